The minimum atomic E-state index is -4.91. The Hall–Kier alpha value is -2.48. The number of alkyl halides is 3. The molecule has 0 aromatic heterocycles. The predicted molar refractivity (Wildman–Crippen MR) is 95.9 cm³/mol. The topological polar surface area (TPSA) is 66.4 Å². The minimum absolute atomic E-state index is 0.193. The molecule has 0 fully saturated rings. The second kappa shape index (κ2) is 8.04. The number of carbonyl (C=O) groups excluding carboxylic acids is 1. The Balaban J connectivity index is 2.03. The highest BCUT2D eigenvalue weighted by molar-refractivity contribution is 7.99. The molecule has 8 heteroatoms. The summed E-state index contributed by atoms with van der Waals surface area (Å²) in [4.78, 5) is 23.8. The number of halogens is 3. The van der Waals surface area contributed by atoms with Crippen molar-refractivity contribution in [1.82, 2.24) is 5.32 Å². The maximum absolute atomic E-state index is 12.4. The van der Waals surface area contributed by atoms with Crippen molar-refractivity contribution in [2.75, 3.05) is 0 Å². The quantitative estimate of drug-likeness (QED) is 0.751. The van der Waals surface area contributed by atoms with E-state index in [1.807, 2.05) is 5.32 Å². The average Bonchev–Trinajstić information content (AvgIpc) is 2.55. The van der Waals surface area contributed by atoms with Crippen LogP contribution in [0.1, 0.15) is 29.8 Å². The van der Waals surface area contributed by atoms with Gasteiger partial charge in [0, 0.05) is 15.3 Å². The van der Waals surface area contributed by atoms with E-state index in [0.717, 1.165) is 15.4 Å². The molecule has 4 nitrogen and oxygen atoms in total. The SMILES string of the molecule is CC(C)(Cc1ccc(Sc2cccc(C(=O)O)c2)cc1)NC(=O)C(F)(F)F. The molecule has 2 N–H and O–H groups in total. The van der Waals surface area contributed by atoms with Gasteiger partial charge in [-0.2, -0.15) is 13.2 Å². The van der Waals surface area contributed by atoms with Crippen LogP contribution in [0.25, 0.3) is 0 Å². The highest BCUT2D eigenvalue weighted by Gasteiger charge is 2.41. The number of amides is 1. The molecule has 0 aliphatic heterocycles. The van der Waals surface area contributed by atoms with Crippen LogP contribution in [0.15, 0.2) is 58.3 Å². The maximum Gasteiger partial charge on any atom is 0.471 e. The summed E-state index contributed by atoms with van der Waals surface area (Å²) in [7, 11) is 0. The maximum atomic E-state index is 12.4. The Labute approximate surface area is 158 Å². The zero-order valence-corrected chi connectivity index (χ0v) is 15.4. The molecule has 2 aromatic carbocycles. The average molecular weight is 397 g/mol. The molecule has 0 saturated carbocycles. The number of aromatic carboxylic acids is 1. The number of carbonyl (C=O) groups is 2. The number of carboxylic acids is 1. The summed E-state index contributed by atoms with van der Waals surface area (Å²) < 4.78 is 37.2. The van der Waals surface area contributed by atoms with Gasteiger partial charge in [0.05, 0.1) is 5.56 Å². The van der Waals surface area contributed by atoms with E-state index in [-0.39, 0.29) is 12.0 Å². The highest BCUT2D eigenvalue weighted by atomic mass is 32.2. The second-order valence-corrected chi connectivity index (χ2v) is 7.74. The first kappa shape index (κ1) is 20.8. The highest BCUT2D eigenvalue weighted by Crippen LogP contribution is 2.29. The smallest absolute Gasteiger partial charge is 0.471 e. The fourth-order valence-corrected chi connectivity index (χ4v) is 3.31. The van der Waals surface area contributed by atoms with E-state index in [4.69, 9.17) is 5.11 Å². The van der Waals surface area contributed by atoms with Crippen LogP contribution in [0, 0.1) is 0 Å². The fraction of sp³-hybridized carbons (Fsp3) is 0.263. The second-order valence-electron chi connectivity index (χ2n) is 6.59. The first-order valence-electron chi connectivity index (χ1n) is 7.96. The van der Waals surface area contributed by atoms with Gasteiger partial charge in [-0.15, -0.1) is 0 Å². The Morgan fingerprint density at radius 2 is 1.67 bits per heavy atom. The van der Waals surface area contributed by atoms with Crippen LogP contribution in [-0.2, 0) is 11.2 Å². The number of hydrogen-bond donors (Lipinski definition) is 2. The molecule has 0 aliphatic carbocycles. The Morgan fingerprint density at radius 1 is 1.04 bits per heavy atom. The molecular formula is C19H18F3NO3S. The zero-order valence-electron chi connectivity index (χ0n) is 14.6. The van der Waals surface area contributed by atoms with Gasteiger partial charge in [-0.1, -0.05) is 30.0 Å². The number of nitrogens with one attached hydrogen (secondary N) is 1. The van der Waals surface area contributed by atoms with Crippen molar-refractivity contribution in [2.24, 2.45) is 0 Å². The van der Waals surface area contributed by atoms with Crippen molar-refractivity contribution in [3.8, 4) is 0 Å². The standard InChI is InChI=1S/C19H18F3NO3S/c1-18(2,23-17(26)19(20,21)22)11-12-6-8-14(9-7-12)27-15-5-3-4-13(10-15)16(24)25/h3-10H,11H2,1-2H3,(H,23,26)(H,24,25). The van der Waals surface area contributed by atoms with E-state index in [2.05, 4.69) is 0 Å². The van der Waals surface area contributed by atoms with Gasteiger partial charge in [0.25, 0.3) is 0 Å². The molecule has 0 unspecified atom stereocenters. The first-order valence-corrected chi connectivity index (χ1v) is 8.77. The van der Waals surface area contributed by atoms with Crippen molar-refractivity contribution in [1.29, 1.82) is 0 Å². The lowest BCUT2D eigenvalue weighted by molar-refractivity contribution is -0.175. The lowest BCUT2D eigenvalue weighted by Gasteiger charge is -2.27. The van der Waals surface area contributed by atoms with Gasteiger partial charge in [0.15, 0.2) is 0 Å². The Bertz CT molecular complexity index is 833. The fourth-order valence-electron chi connectivity index (χ4n) is 2.44. The molecule has 0 spiro atoms. The van der Waals surface area contributed by atoms with E-state index in [0.29, 0.717) is 0 Å². The molecule has 1 amide bonds. The molecule has 0 radical (unpaired) electrons. The molecule has 2 rings (SSSR count). The summed E-state index contributed by atoms with van der Waals surface area (Å²) in [6, 6.07) is 13.7. The molecule has 0 atom stereocenters. The van der Waals surface area contributed by atoms with Crippen LogP contribution >= 0.6 is 11.8 Å². The summed E-state index contributed by atoms with van der Waals surface area (Å²) in [5, 5.41) is 11.0. The molecule has 0 aliphatic rings. The summed E-state index contributed by atoms with van der Waals surface area (Å²) in [5.74, 6) is -2.96. The van der Waals surface area contributed by atoms with Gasteiger partial charge in [0.2, 0.25) is 0 Å². The van der Waals surface area contributed by atoms with Crippen molar-refractivity contribution < 1.29 is 27.9 Å². The first-order chi connectivity index (χ1) is 12.5. The van der Waals surface area contributed by atoms with Gasteiger partial charge < -0.3 is 10.4 Å². The summed E-state index contributed by atoms with van der Waals surface area (Å²) in [6.45, 7) is 3.05. The third kappa shape index (κ3) is 6.32. The minimum Gasteiger partial charge on any atom is -0.478 e. The molecule has 144 valence electrons. The Kier molecular flexibility index (Phi) is 6.20. The summed E-state index contributed by atoms with van der Waals surface area (Å²) in [6.07, 6.45) is -4.68. The van der Waals surface area contributed by atoms with Crippen molar-refractivity contribution in [3.05, 3.63) is 59.7 Å². The van der Waals surface area contributed by atoms with Crippen molar-refractivity contribution in [2.45, 2.75) is 41.8 Å². The Morgan fingerprint density at radius 3 is 2.22 bits per heavy atom. The number of benzene rings is 2. The van der Waals surface area contributed by atoms with Crippen LogP contribution in [-0.4, -0.2) is 28.7 Å². The van der Waals surface area contributed by atoms with Crippen LogP contribution in [0.2, 0.25) is 0 Å². The predicted octanol–water partition coefficient (Wildman–Crippen LogP) is 4.54. The largest absolute Gasteiger partial charge is 0.478 e. The van der Waals surface area contributed by atoms with E-state index < -0.39 is 23.6 Å². The lowest BCUT2D eigenvalue weighted by atomic mass is 9.95. The molecule has 0 saturated heterocycles. The zero-order chi connectivity index (χ0) is 20.2. The molecular weight excluding hydrogens is 379 g/mol. The van der Waals surface area contributed by atoms with Crippen LogP contribution in [0.3, 0.4) is 0 Å². The lowest BCUT2D eigenvalue weighted by Crippen LogP contribution is -2.50. The van der Waals surface area contributed by atoms with Crippen molar-refractivity contribution >= 4 is 23.6 Å². The van der Waals surface area contributed by atoms with E-state index in [9.17, 15) is 22.8 Å². The van der Waals surface area contributed by atoms with Crippen LogP contribution < -0.4 is 5.32 Å². The number of rotatable bonds is 6. The van der Waals surface area contributed by atoms with Gasteiger partial charge in [0.1, 0.15) is 0 Å². The molecule has 2 aromatic rings. The number of hydrogen-bond acceptors (Lipinski definition) is 3. The monoisotopic (exact) mass is 397 g/mol. The van der Waals surface area contributed by atoms with Crippen molar-refractivity contribution in [3.63, 3.8) is 0 Å². The van der Waals surface area contributed by atoms with Gasteiger partial charge in [-0.3, -0.25) is 4.79 Å². The van der Waals surface area contributed by atoms with Gasteiger partial charge in [-0.25, -0.2) is 4.79 Å². The molecule has 0 heterocycles. The summed E-state index contributed by atoms with van der Waals surface area (Å²) in [5.41, 5.74) is -0.0956. The third-order valence-corrected chi connectivity index (χ3v) is 4.59. The van der Waals surface area contributed by atoms with E-state index in [1.54, 1.807) is 42.5 Å². The number of carboxylic acid groups (broad SMARTS) is 1. The molecule has 27 heavy (non-hydrogen) atoms. The van der Waals surface area contributed by atoms with Crippen LogP contribution in [0.4, 0.5) is 13.2 Å². The molecule has 0 bridgehead atoms. The van der Waals surface area contributed by atoms with Gasteiger partial charge in [-0.05, 0) is 56.2 Å². The summed E-state index contributed by atoms with van der Waals surface area (Å²) >= 11 is 1.38. The van der Waals surface area contributed by atoms with E-state index in [1.165, 1.54) is 31.7 Å². The third-order valence-electron chi connectivity index (χ3n) is 3.60. The normalized spacial score (nSPS) is 11.9. The van der Waals surface area contributed by atoms with E-state index >= 15 is 0 Å². The van der Waals surface area contributed by atoms with Crippen LogP contribution in [0.5, 0.6) is 0 Å². The van der Waals surface area contributed by atoms with Gasteiger partial charge >= 0.3 is 18.1 Å².